The topological polar surface area (TPSA) is 63.5 Å². The maximum Gasteiger partial charge on any atom is 0.191 e. The Morgan fingerprint density at radius 1 is 1.36 bits per heavy atom. The van der Waals surface area contributed by atoms with E-state index in [2.05, 4.69) is 50.3 Å². The summed E-state index contributed by atoms with van der Waals surface area (Å²) < 4.78 is 8.19. The average molecular weight is 341 g/mol. The Labute approximate surface area is 148 Å². The van der Waals surface area contributed by atoms with Gasteiger partial charge < -0.3 is 19.9 Å². The molecule has 134 valence electrons. The van der Waals surface area contributed by atoms with Crippen LogP contribution in [0.3, 0.4) is 0 Å². The van der Waals surface area contributed by atoms with Gasteiger partial charge >= 0.3 is 0 Å². The molecule has 3 heterocycles. The van der Waals surface area contributed by atoms with Gasteiger partial charge in [0.05, 0.1) is 29.3 Å². The number of guanidine groups is 1. The van der Waals surface area contributed by atoms with Gasteiger partial charge in [0, 0.05) is 20.1 Å². The van der Waals surface area contributed by atoms with Crippen molar-refractivity contribution >= 4 is 17.0 Å². The van der Waals surface area contributed by atoms with E-state index in [-0.39, 0.29) is 0 Å². The van der Waals surface area contributed by atoms with E-state index in [9.17, 15) is 0 Å². The normalized spacial score (nSPS) is 25.7. The molecule has 0 spiro atoms. The molecule has 3 atom stereocenters. The number of nitrogens with one attached hydrogen (secondary N) is 2. The lowest BCUT2D eigenvalue weighted by atomic mass is 9.96. The van der Waals surface area contributed by atoms with Crippen LogP contribution in [0.5, 0.6) is 0 Å². The lowest BCUT2D eigenvalue weighted by Gasteiger charge is -2.22. The summed E-state index contributed by atoms with van der Waals surface area (Å²) in [5, 5.41) is 6.96. The lowest BCUT2D eigenvalue weighted by molar-refractivity contribution is 0.0992. The van der Waals surface area contributed by atoms with E-state index in [4.69, 9.17) is 4.74 Å². The van der Waals surface area contributed by atoms with Crippen LogP contribution in [0, 0.1) is 6.92 Å². The molecule has 0 saturated carbocycles. The van der Waals surface area contributed by atoms with Crippen molar-refractivity contribution in [1.82, 2.24) is 20.2 Å². The van der Waals surface area contributed by atoms with Crippen molar-refractivity contribution < 1.29 is 4.74 Å². The second kappa shape index (κ2) is 7.04. The van der Waals surface area contributed by atoms with Gasteiger partial charge in [-0.25, -0.2) is 4.98 Å². The first-order chi connectivity index (χ1) is 12.2. The molecule has 6 nitrogen and oxygen atoms in total. The fourth-order valence-electron chi connectivity index (χ4n) is 4.08. The molecule has 1 aromatic carbocycles. The zero-order chi connectivity index (χ0) is 17.2. The van der Waals surface area contributed by atoms with Crippen molar-refractivity contribution in [3.05, 3.63) is 30.1 Å². The van der Waals surface area contributed by atoms with Crippen LogP contribution in [-0.4, -0.2) is 47.4 Å². The van der Waals surface area contributed by atoms with Gasteiger partial charge in [0.1, 0.15) is 5.82 Å². The largest absolute Gasteiger partial charge is 0.373 e. The fourth-order valence-corrected chi connectivity index (χ4v) is 4.08. The van der Waals surface area contributed by atoms with Crippen LogP contribution in [0.1, 0.15) is 31.5 Å². The molecule has 2 fully saturated rings. The van der Waals surface area contributed by atoms with Crippen LogP contribution in [0.25, 0.3) is 11.0 Å². The molecule has 0 aliphatic carbocycles. The highest BCUT2D eigenvalue weighted by atomic mass is 16.5. The molecule has 2 aromatic rings. The van der Waals surface area contributed by atoms with Gasteiger partial charge in [-0.15, -0.1) is 0 Å². The summed E-state index contributed by atoms with van der Waals surface area (Å²) in [4.78, 5) is 8.98. The zero-order valence-electron chi connectivity index (χ0n) is 15.0. The summed E-state index contributed by atoms with van der Waals surface area (Å²) in [6.45, 7) is 3.91. The summed E-state index contributed by atoms with van der Waals surface area (Å²) in [5.41, 5.74) is 2.28. The monoisotopic (exact) mass is 341 g/mol. The summed E-state index contributed by atoms with van der Waals surface area (Å²) >= 11 is 0. The van der Waals surface area contributed by atoms with Crippen molar-refractivity contribution in [2.45, 2.75) is 57.4 Å². The highest BCUT2D eigenvalue weighted by Gasteiger charge is 2.41. The SMILES string of the molecule is CN=C(NCCCn1c(C)nc2ccccc21)NC1CC2CCC1O2. The number of fused-ring (bicyclic) bond motifs is 3. The first-order valence-electron chi connectivity index (χ1n) is 9.29. The Kier molecular flexibility index (Phi) is 4.61. The molecule has 2 aliphatic heterocycles. The summed E-state index contributed by atoms with van der Waals surface area (Å²) in [7, 11) is 1.83. The maximum absolute atomic E-state index is 5.90. The third kappa shape index (κ3) is 3.35. The van der Waals surface area contributed by atoms with Crippen LogP contribution in [0.4, 0.5) is 0 Å². The number of para-hydroxylation sites is 2. The number of ether oxygens (including phenoxy) is 1. The Morgan fingerprint density at radius 2 is 2.24 bits per heavy atom. The molecule has 3 unspecified atom stereocenters. The smallest absolute Gasteiger partial charge is 0.191 e. The number of aromatic nitrogens is 2. The first kappa shape index (κ1) is 16.4. The van der Waals surface area contributed by atoms with E-state index >= 15 is 0 Å². The number of aliphatic imine (C=N–C) groups is 1. The summed E-state index contributed by atoms with van der Waals surface area (Å²) in [5.74, 6) is 1.95. The molecule has 25 heavy (non-hydrogen) atoms. The van der Waals surface area contributed by atoms with Gasteiger partial charge in [0.15, 0.2) is 5.96 Å². The predicted molar refractivity (Wildman–Crippen MR) is 99.9 cm³/mol. The molecule has 0 radical (unpaired) electrons. The van der Waals surface area contributed by atoms with Gasteiger partial charge in [0.25, 0.3) is 0 Å². The van der Waals surface area contributed by atoms with Crippen molar-refractivity contribution in [2.24, 2.45) is 4.99 Å². The molecule has 2 aliphatic rings. The van der Waals surface area contributed by atoms with Crippen molar-refractivity contribution in [2.75, 3.05) is 13.6 Å². The highest BCUT2D eigenvalue weighted by Crippen LogP contribution is 2.34. The van der Waals surface area contributed by atoms with Crippen LogP contribution in [0.15, 0.2) is 29.3 Å². The number of hydrogen-bond donors (Lipinski definition) is 2. The average Bonchev–Trinajstić information content (AvgIpc) is 3.31. The predicted octanol–water partition coefficient (Wildman–Crippen LogP) is 2.22. The second-order valence-corrected chi connectivity index (χ2v) is 7.01. The number of rotatable bonds is 5. The molecule has 2 saturated heterocycles. The standard InChI is InChI=1S/C19H27N5O/c1-13-22-15-6-3-4-7-17(15)24(13)11-5-10-21-19(20-2)23-16-12-14-8-9-18(16)25-14/h3-4,6-7,14,16,18H,5,8-12H2,1-2H3,(H2,20,21,23). The molecule has 2 N–H and O–H groups in total. The summed E-state index contributed by atoms with van der Waals surface area (Å²) in [6.07, 6.45) is 5.33. The minimum atomic E-state index is 0.364. The second-order valence-electron chi connectivity index (χ2n) is 7.01. The minimum absolute atomic E-state index is 0.364. The van der Waals surface area contributed by atoms with Crippen LogP contribution in [-0.2, 0) is 11.3 Å². The van der Waals surface area contributed by atoms with Crippen molar-refractivity contribution in [3.63, 3.8) is 0 Å². The van der Waals surface area contributed by atoms with E-state index in [1.807, 2.05) is 13.1 Å². The molecule has 0 amide bonds. The Balaban J connectivity index is 1.27. The third-order valence-corrected chi connectivity index (χ3v) is 5.35. The van der Waals surface area contributed by atoms with Gasteiger partial charge in [-0.05, 0) is 44.7 Å². The van der Waals surface area contributed by atoms with E-state index in [0.29, 0.717) is 18.2 Å². The van der Waals surface area contributed by atoms with Crippen molar-refractivity contribution in [1.29, 1.82) is 0 Å². The maximum atomic E-state index is 5.90. The van der Waals surface area contributed by atoms with E-state index in [0.717, 1.165) is 43.2 Å². The molecule has 1 aromatic heterocycles. The van der Waals surface area contributed by atoms with Gasteiger partial charge in [0.2, 0.25) is 0 Å². The third-order valence-electron chi connectivity index (χ3n) is 5.35. The number of benzene rings is 1. The first-order valence-corrected chi connectivity index (χ1v) is 9.29. The number of hydrogen-bond acceptors (Lipinski definition) is 3. The molecule has 6 heteroatoms. The Bertz CT molecular complexity index is 768. The van der Waals surface area contributed by atoms with E-state index in [1.165, 1.54) is 18.4 Å². The van der Waals surface area contributed by atoms with Gasteiger partial charge in [-0.2, -0.15) is 0 Å². The van der Waals surface area contributed by atoms with Gasteiger partial charge in [-0.3, -0.25) is 4.99 Å². The molecule has 2 bridgehead atoms. The number of imidazole rings is 1. The van der Waals surface area contributed by atoms with Crippen LogP contribution >= 0.6 is 0 Å². The van der Waals surface area contributed by atoms with E-state index in [1.54, 1.807) is 0 Å². The van der Waals surface area contributed by atoms with Crippen LogP contribution < -0.4 is 10.6 Å². The highest BCUT2D eigenvalue weighted by molar-refractivity contribution is 5.80. The fraction of sp³-hybridized carbons (Fsp3) is 0.579. The molecular weight excluding hydrogens is 314 g/mol. The van der Waals surface area contributed by atoms with E-state index < -0.39 is 0 Å². The molecule has 4 rings (SSSR count). The van der Waals surface area contributed by atoms with Crippen LogP contribution in [0.2, 0.25) is 0 Å². The zero-order valence-corrected chi connectivity index (χ0v) is 15.0. The lowest BCUT2D eigenvalue weighted by Crippen LogP contribution is -2.47. The van der Waals surface area contributed by atoms with Gasteiger partial charge in [-0.1, -0.05) is 12.1 Å². The summed E-state index contributed by atoms with van der Waals surface area (Å²) in [6, 6.07) is 8.72. The number of aryl methyl sites for hydroxylation is 2. The minimum Gasteiger partial charge on any atom is -0.373 e. The Hall–Kier alpha value is -2.08. The van der Waals surface area contributed by atoms with Crippen molar-refractivity contribution in [3.8, 4) is 0 Å². The molecular formula is C19H27N5O. The Morgan fingerprint density at radius 3 is 3.00 bits per heavy atom. The quantitative estimate of drug-likeness (QED) is 0.497. The number of nitrogens with zero attached hydrogens (tertiary/aromatic N) is 3.